The molecule has 0 spiro atoms. The molecule has 170 valence electrons. The molecule has 1 aromatic carbocycles. The lowest BCUT2D eigenvalue weighted by molar-refractivity contribution is -0.128. The van der Waals surface area contributed by atoms with E-state index in [4.69, 9.17) is 14.2 Å². The Morgan fingerprint density at radius 1 is 1.19 bits per heavy atom. The third-order valence-electron chi connectivity index (χ3n) is 6.90. The van der Waals surface area contributed by atoms with Crippen LogP contribution in [0.15, 0.2) is 17.9 Å². The number of hydrogen-bond donors (Lipinski definition) is 0. The molecule has 4 atom stereocenters. The van der Waals surface area contributed by atoms with E-state index in [9.17, 15) is 9.59 Å². The first-order chi connectivity index (χ1) is 14.5. The minimum Gasteiger partial charge on any atom is -0.431 e. The van der Waals surface area contributed by atoms with Crippen LogP contribution in [0.4, 0.5) is 4.79 Å². The summed E-state index contributed by atoms with van der Waals surface area (Å²) in [5, 5.41) is 0. The van der Waals surface area contributed by atoms with Crippen LogP contribution < -0.4 is 0 Å². The van der Waals surface area contributed by atoms with E-state index in [2.05, 4.69) is 26.0 Å². The maximum absolute atomic E-state index is 14.0. The van der Waals surface area contributed by atoms with Crippen molar-refractivity contribution in [3.63, 3.8) is 0 Å². The van der Waals surface area contributed by atoms with Gasteiger partial charge in [0.2, 0.25) is 0 Å². The summed E-state index contributed by atoms with van der Waals surface area (Å²) < 4.78 is 16.7. The molecular weight excluding hydrogens is 392 g/mol. The molecule has 0 saturated heterocycles. The second-order valence-corrected chi connectivity index (χ2v) is 10.0. The van der Waals surface area contributed by atoms with Crippen LogP contribution in [0.25, 0.3) is 5.57 Å². The maximum Gasteiger partial charge on any atom is 0.513 e. The second-order valence-electron chi connectivity index (χ2n) is 10.0. The first-order valence-electron chi connectivity index (χ1n) is 11.2. The first kappa shape index (κ1) is 23.5. The van der Waals surface area contributed by atoms with Gasteiger partial charge in [0, 0.05) is 24.4 Å². The summed E-state index contributed by atoms with van der Waals surface area (Å²) in [7, 11) is 1.68. The van der Waals surface area contributed by atoms with Gasteiger partial charge >= 0.3 is 6.16 Å². The molecule has 0 radical (unpaired) electrons. The average Bonchev–Trinajstić information content (AvgIpc) is 2.91. The molecule has 0 unspecified atom stereocenters. The molecule has 5 heteroatoms. The number of ketones is 1. The number of allylic oxidation sites excluding steroid dienone is 2. The Balaban J connectivity index is 2.21. The van der Waals surface area contributed by atoms with Crippen LogP contribution >= 0.6 is 0 Å². The van der Waals surface area contributed by atoms with Crippen molar-refractivity contribution < 1.29 is 23.8 Å². The van der Waals surface area contributed by atoms with Gasteiger partial charge in [0.15, 0.2) is 5.78 Å². The van der Waals surface area contributed by atoms with E-state index < -0.39 is 6.16 Å². The minimum atomic E-state index is -0.746. The largest absolute Gasteiger partial charge is 0.513 e. The van der Waals surface area contributed by atoms with Crippen molar-refractivity contribution in [1.82, 2.24) is 0 Å². The van der Waals surface area contributed by atoms with Crippen LogP contribution in [0.1, 0.15) is 62.8 Å². The van der Waals surface area contributed by atoms with Crippen molar-refractivity contribution in [2.24, 2.45) is 23.2 Å². The number of fused-ring (bicyclic) bond motifs is 1. The van der Waals surface area contributed by atoms with E-state index in [-0.39, 0.29) is 35.1 Å². The zero-order valence-electron chi connectivity index (χ0n) is 20.1. The fourth-order valence-electron chi connectivity index (χ4n) is 5.73. The van der Waals surface area contributed by atoms with Gasteiger partial charge in [0.25, 0.3) is 0 Å². The van der Waals surface area contributed by atoms with Gasteiger partial charge in [-0.25, -0.2) is 4.79 Å². The molecule has 5 nitrogen and oxygen atoms in total. The number of carbonyl (C=O) groups is 2. The molecule has 2 aliphatic carbocycles. The number of Topliss-reactive ketones (excluding diaryl/α,β-unsaturated/α-hetero) is 1. The maximum atomic E-state index is 14.0. The zero-order chi connectivity index (χ0) is 23.1. The molecule has 0 bridgehead atoms. The van der Waals surface area contributed by atoms with E-state index in [0.29, 0.717) is 17.9 Å². The molecule has 0 amide bonds. The Morgan fingerprint density at radius 2 is 1.81 bits per heavy atom. The van der Waals surface area contributed by atoms with Crippen molar-refractivity contribution in [1.29, 1.82) is 0 Å². The molecule has 0 N–H and O–H groups in total. The molecule has 3 rings (SSSR count). The van der Waals surface area contributed by atoms with Crippen molar-refractivity contribution in [3.05, 3.63) is 40.1 Å². The van der Waals surface area contributed by atoms with Gasteiger partial charge in [-0.15, -0.1) is 0 Å². The number of methoxy groups -OCH3 is 1. The number of hydrogen-bond acceptors (Lipinski definition) is 5. The molecule has 31 heavy (non-hydrogen) atoms. The van der Waals surface area contributed by atoms with E-state index >= 15 is 0 Å². The van der Waals surface area contributed by atoms with E-state index in [1.807, 2.05) is 20.8 Å². The summed E-state index contributed by atoms with van der Waals surface area (Å²) in [6, 6.07) is 4.15. The summed E-state index contributed by atoms with van der Waals surface area (Å²) in [5.41, 5.74) is 4.28. The van der Waals surface area contributed by atoms with Gasteiger partial charge in [-0.2, -0.15) is 0 Å². The van der Waals surface area contributed by atoms with Gasteiger partial charge in [0.05, 0.1) is 18.3 Å². The van der Waals surface area contributed by atoms with Crippen molar-refractivity contribution >= 4 is 17.5 Å². The topological polar surface area (TPSA) is 61.8 Å². The van der Waals surface area contributed by atoms with Crippen LogP contribution in [0.2, 0.25) is 0 Å². The summed E-state index contributed by atoms with van der Waals surface area (Å²) in [5.74, 6) is 0.289. The highest BCUT2D eigenvalue weighted by atomic mass is 16.7. The van der Waals surface area contributed by atoms with E-state index in [1.54, 1.807) is 21.0 Å². The molecule has 1 aromatic rings. The number of carbonyl (C=O) groups excluding carboxylic acids is 2. The Morgan fingerprint density at radius 3 is 2.35 bits per heavy atom. The molecular formula is C26H36O5. The summed E-state index contributed by atoms with van der Waals surface area (Å²) in [4.78, 5) is 26.6. The second kappa shape index (κ2) is 8.78. The van der Waals surface area contributed by atoms with Crippen LogP contribution in [-0.4, -0.2) is 31.8 Å². The minimum absolute atomic E-state index is 0.0542. The fraction of sp³-hybridized carbons (Fsp3) is 0.615. The molecule has 1 fully saturated rings. The highest BCUT2D eigenvalue weighted by molar-refractivity contribution is 6.26. The van der Waals surface area contributed by atoms with Crippen molar-refractivity contribution in [2.45, 2.75) is 67.4 Å². The third-order valence-corrected chi connectivity index (χ3v) is 6.90. The Hall–Kier alpha value is -2.14. The zero-order valence-corrected chi connectivity index (χ0v) is 20.1. The highest BCUT2D eigenvalue weighted by Crippen LogP contribution is 2.57. The van der Waals surface area contributed by atoms with Crippen LogP contribution in [0.3, 0.4) is 0 Å². The molecule has 2 aliphatic rings. The highest BCUT2D eigenvalue weighted by Gasteiger charge is 2.57. The van der Waals surface area contributed by atoms with Crippen LogP contribution in [0, 0.1) is 43.9 Å². The number of rotatable bonds is 5. The number of ether oxygens (including phenoxy) is 3. The lowest BCUT2D eigenvalue weighted by atomic mass is 9.60. The average molecular weight is 429 g/mol. The summed E-state index contributed by atoms with van der Waals surface area (Å²) >= 11 is 0. The number of benzene rings is 1. The summed E-state index contributed by atoms with van der Waals surface area (Å²) in [6.07, 6.45) is 0.802. The molecule has 0 heterocycles. The van der Waals surface area contributed by atoms with Crippen molar-refractivity contribution in [2.75, 3.05) is 13.7 Å². The van der Waals surface area contributed by atoms with Gasteiger partial charge in [-0.05, 0) is 70.1 Å². The predicted octanol–water partition coefficient (Wildman–Crippen LogP) is 5.78. The van der Waals surface area contributed by atoms with Crippen LogP contribution in [-0.2, 0) is 19.0 Å². The standard InChI is InChI=1S/C26H36O5/c1-14(2)30-25(28)31-24-20-16(4)9-10-26(7,13-29-8)22(20)23(27)21(24)19-17(5)11-15(3)12-18(19)6/h11-12,14,16,20,22H,9-10,13H2,1-8H3/t16-,20-,22+,26+/m0/s1. The molecule has 1 saturated carbocycles. The first-order valence-corrected chi connectivity index (χ1v) is 11.2. The SMILES string of the molecule is COC[C@@]1(C)CC[C@H](C)[C@@H]2C(OC(=O)OC(C)C)=C(c3c(C)cc(C)cc3C)C(=O)[C@@H]21. The Kier molecular flexibility index (Phi) is 6.66. The smallest absolute Gasteiger partial charge is 0.431 e. The van der Waals surface area contributed by atoms with Gasteiger partial charge in [-0.3, -0.25) is 4.79 Å². The van der Waals surface area contributed by atoms with Crippen LogP contribution in [0.5, 0.6) is 0 Å². The molecule has 0 aromatic heterocycles. The van der Waals surface area contributed by atoms with Gasteiger partial charge in [0.1, 0.15) is 5.76 Å². The number of aryl methyl sites for hydroxylation is 3. The van der Waals surface area contributed by atoms with Crippen molar-refractivity contribution in [3.8, 4) is 0 Å². The Bertz CT molecular complexity index is 889. The fourth-order valence-corrected chi connectivity index (χ4v) is 5.73. The lowest BCUT2D eigenvalue weighted by Crippen LogP contribution is -2.45. The Labute approximate surface area is 186 Å². The third kappa shape index (κ3) is 4.30. The normalized spacial score (nSPS) is 28.2. The van der Waals surface area contributed by atoms with Gasteiger partial charge in [-0.1, -0.05) is 31.5 Å². The van der Waals surface area contributed by atoms with E-state index in [1.165, 1.54) is 0 Å². The van der Waals surface area contributed by atoms with E-state index in [0.717, 1.165) is 35.1 Å². The summed E-state index contributed by atoms with van der Waals surface area (Å²) in [6.45, 7) is 14.4. The quantitative estimate of drug-likeness (QED) is 0.556. The molecule has 0 aliphatic heterocycles. The monoisotopic (exact) mass is 428 g/mol. The van der Waals surface area contributed by atoms with Gasteiger partial charge < -0.3 is 14.2 Å². The lowest BCUT2D eigenvalue weighted by Gasteiger charge is -2.45. The predicted molar refractivity (Wildman–Crippen MR) is 121 cm³/mol.